The lowest BCUT2D eigenvalue weighted by Crippen LogP contribution is -2.48. The Bertz CT molecular complexity index is 894. The van der Waals surface area contributed by atoms with E-state index >= 15 is 0 Å². The standard InChI is InChI=1S/C19H20N4O3.ClH/c1-25-17-6-3-2-5-13(17)16-12-20-8-9-23(16)19(24)15-11-14(21-22-15)18-7-4-10-26-18;/h2-7,10-11,16,20H,8-9,12H2,1H3,(H,21,22);1H. The van der Waals surface area contributed by atoms with Crippen LogP contribution >= 0.6 is 12.4 Å². The molecule has 1 saturated heterocycles. The average molecular weight is 389 g/mol. The minimum absolute atomic E-state index is 0. The molecule has 4 rings (SSSR count). The fraction of sp³-hybridized carbons (Fsp3) is 0.263. The highest BCUT2D eigenvalue weighted by molar-refractivity contribution is 5.93. The van der Waals surface area contributed by atoms with Crippen molar-refractivity contribution in [1.82, 2.24) is 20.4 Å². The van der Waals surface area contributed by atoms with Crippen molar-refractivity contribution >= 4 is 18.3 Å². The number of piperazine rings is 1. The molecule has 1 amide bonds. The molecule has 1 fully saturated rings. The first kappa shape index (κ1) is 19.0. The SMILES string of the molecule is COc1ccccc1C1CNCCN1C(=O)c1cc(-c2ccco2)[nH]n1.Cl. The molecule has 2 N–H and O–H groups in total. The molecular weight excluding hydrogens is 368 g/mol. The monoisotopic (exact) mass is 388 g/mol. The lowest BCUT2D eigenvalue weighted by Gasteiger charge is -2.36. The summed E-state index contributed by atoms with van der Waals surface area (Å²) in [4.78, 5) is 15.0. The Morgan fingerprint density at radius 1 is 1.30 bits per heavy atom. The third-order valence-electron chi connectivity index (χ3n) is 4.59. The second kappa shape index (κ2) is 8.28. The molecule has 3 heterocycles. The highest BCUT2D eigenvalue weighted by Gasteiger charge is 2.31. The Hall–Kier alpha value is -2.77. The Morgan fingerprint density at radius 2 is 2.15 bits per heavy atom. The fourth-order valence-electron chi connectivity index (χ4n) is 3.30. The van der Waals surface area contributed by atoms with Crippen LogP contribution < -0.4 is 10.1 Å². The number of amides is 1. The lowest BCUT2D eigenvalue weighted by molar-refractivity contribution is 0.0625. The van der Waals surface area contributed by atoms with E-state index in [4.69, 9.17) is 9.15 Å². The van der Waals surface area contributed by atoms with Gasteiger partial charge in [-0.05, 0) is 18.2 Å². The van der Waals surface area contributed by atoms with Crippen molar-refractivity contribution in [1.29, 1.82) is 0 Å². The molecule has 1 aromatic carbocycles. The lowest BCUT2D eigenvalue weighted by atomic mass is 10.0. The first-order valence-corrected chi connectivity index (χ1v) is 8.52. The molecule has 0 aliphatic carbocycles. The van der Waals surface area contributed by atoms with Crippen LogP contribution in [-0.2, 0) is 0 Å². The molecule has 142 valence electrons. The van der Waals surface area contributed by atoms with Gasteiger partial charge in [0, 0.05) is 31.3 Å². The molecule has 2 aromatic heterocycles. The van der Waals surface area contributed by atoms with Gasteiger partial charge in [0.2, 0.25) is 0 Å². The summed E-state index contributed by atoms with van der Waals surface area (Å²) < 4.78 is 10.8. The minimum atomic E-state index is -0.115. The summed E-state index contributed by atoms with van der Waals surface area (Å²) in [6, 6.07) is 13.0. The van der Waals surface area contributed by atoms with Crippen LogP contribution in [0.4, 0.5) is 0 Å². The number of rotatable bonds is 4. The highest BCUT2D eigenvalue weighted by Crippen LogP contribution is 2.31. The Morgan fingerprint density at radius 3 is 2.93 bits per heavy atom. The Labute approximate surface area is 163 Å². The van der Waals surface area contributed by atoms with Crippen LogP contribution in [0.5, 0.6) is 5.75 Å². The molecule has 0 radical (unpaired) electrons. The normalized spacial score (nSPS) is 16.6. The van der Waals surface area contributed by atoms with Crippen molar-refractivity contribution in [3.8, 4) is 17.2 Å². The number of halogens is 1. The number of aromatic nitrogens is 2. The number of hydrogen-bond acceptors (Lipinski definition) is 5. The number of ether oxygens (including phenoxy) is 1. The highest BCUT2D eigenvalue weighted by atomic mass is 35.5. The predicted octanol–water partition coefficient (Wildman–Crippen LogP) is 2.89. The third kappa shape index (κ3) is 3.70. The van der Waals surface area contributed by atoms with E-state index in [0.717, 1.165) is 17.9 Å². The molecule has 1 atom stereocenters. The van der Waals surface area contributed by atoms with Gasteiger partial charge in [0.15, 0.2) is 11.5 Å². The van der Waals surface area contributed by atoms with Crippen LogP contribution in [0.2, 0.25) is 0 Å². The molecule has 1 unspecified atom stereocenters. The van der Waals surface area contributed by atoms with Crippen LogP contribution in [0, 0.1) is 0 Å². The molecule has 1 aliphatic heterocycles. The number of nitrogens with zero attached hydrogens (tertiary/aromatic N) is 2. The zero-order valence-electron chi connectivity index (χ0n) is 14.8. The summed E-state index contributed by atoms with van der Waals surface area (Å²) >= 11 is 0. The number of hydrogen-bond donors (Lipinski definition) is 2. The summed E-state index contributed by atoms with van der Waals surface area (Å²) in [5, 5.41) is 10.4. The molecule has 3 aromatic rings. The van der Waals surface area contributed by atoms with Crippen molar-refractivity contribution in [2.75, 3.05) is 26.7 Å². The number of nitrogens with one attached hydrogen (secondary N) is 2. The number of para-hydroxylation sites is 1. The molecule has 1 aliphatic rings. The van der Waals surface area contributed by atoms with Crippen molar-refractivity contribution in [2.24, 2.45) is 0 Å². The van der Waals surface area contributed by atoms with Crippen molar-refractivity contribution in [3.63, 3.8) is 0 Å². The smallest absolute Gasteiger partial charge is 0.274 e. The molecule has 8 heteroatoms. The molecule has 0 bridgehead atoms. The Kier molecular flexibility index (Phi) is 5.83. The van der Waals surface area contributed by atoms with Gasteiger partial charge in [0.1, 0.15) is 11.4 Å². The van der Waals surface area contributed by atoms with E-state index in [0.29, 0.717) is 30.2 Å². The van der Waals surface area contributed by atoms with Gasteiger partial charge in [-0.1, -0.05) is 18.2 Å². The number of furan rings is 1. The van der Waals surface area contributed by atoms with E-state index in [2.05, 4.69) is 15.5 Å². The van der Waals surface area contributed by atoms with Crippen LogP contribution in [0.3, 0.4) is 0 Å². The minimum Gasteiger partial charge on any atom is -0.496 e. The molecule has 27 heavy (non-hydrogen) atoms. The quantitative estimate of drug-likeness (QED) is 0.718. The number of carbonyl (C=O) groups excluding carboxylic acids is 1. The van der Waals surface area contributed by atoms with Crippen LogP contribution in [-0.4, -0.2) is 47.7 Å². The predicted molar refractivity (Wildman–Crippen MR) is 103 cm³/mol. The van der Waals surface area contributed by atoms with Gasteiger partial charge >= 0.3 is 0 Å². The van der Waals surface area contributed by atoms with Crippen molar-refractivity contribution < 1.29 is 13.9 Å². The molecule has 0 saturated carbocycles. The summed E-state index contributed by atoms with van der Waals surface area (Å²) in [5.74, 6) is 1.31. The zero-order valence-corrected chi connectivity index (χ0v) is 15.7. The second-order valence-corrected chi connectivity index (χ2v) is 6.10. The fourth-order valence-corrected chi connectivity index (χ4v) is 3.30. The van der Waals surface area contributed by atoms with E-state index in [1.807, 2.05) is 35.2 Å². The number of carbonyl (C=O) groups is 1. The first-order chi connectivity index (χ1) is 12.8. The van der Waals surface area contributed by atoms with Gasteiger partial charge in [0.05, 0.1) is 19.4 Å². The van der Waals surface area contributed by atoms with E-state index in [1.54, 1.807) is 25.5 Å². The van der Waals surface area contributed by atoms with Gasteiger partial charge in [-0.3, -0.25) is 9.89 Å². The largest absolute Gasteiger partial charge is 0.496 e. The zero-order chi connectivity index (χ0) is 17.9. The van der Waals surface area contributed by atoms with Gasteiger partial charge in [-0.2, -0.15) is 5.10 Å². The summed E-state index contributed by atoms with van der Waals surface area (Å²) in [5.41, 5.74) is 2.04. The van der Waals surface area contributed by atoms with Crippen molar-refractivity contribution in [3.05, 3.63) is 60.0 Å². The van der Waals surface area contributed by atoms with Crippen LogP contribution in [0.1, 0.15) is 22.1 Å². The maximum absolute atomic E-state index is 13.1. The number of benzene rings is 1. The topological polar surface area (TPSA) is 83.4 Å². The van der Waals surface area contributed by atoms with E-state index in [1.165, 1.54) is 0 Å². The summed E-state index contributed by atoms with van der Waals surface area (Å²) in [6.45, 7) is 2.01. The van der Waals surface area contributed by atoms with Crippen LogP contribution in [0.15, 0.2) is 53.1 Å². The van der Waals surface area contributed by atoms with E-state index in [9.17, 15) is 4.79 Å². The molecular formula is C19H21ClN4O3. The van der Waals surface area contributed by atoms with Gasteiger partial charge < -0.3 is 19.4 Å². The average Bonchev–Trinajstić information content (AvgIpc) is 3.39. The summed E-state index contributed by atoms with van der Waals surface area (Å²) in [6.07, 6.45) is 1.59. The Balaban J connectivity index is 0.00000210. The maximum atomic E-state index is 13.1. The van der Waals surface area contributed by atoms with E-state index < -0.39 is 0 Å². The maximum Gasteiger partial charge on any atom is 0.274 e. The molecule has 7 nitrogen and oxygen atoms in total. The van der Waals surface area contributed by atoms with Crippen LogP contribution in [0.25, 0.3) is 11.5 Å². The first-order valence-electron chi connectivity index (χ1n) is 8.52. The number of H-pyrrole nitrogens is 1. The van der Waals surface area contributed by atoms with Gasteiger partial charge in [-0.15, -0.1) is 12.4 Å². The van der Waals surface area contributed by atoms with Crippen molar-refractivity contribution in [2.45, 2.75) is 6.04 Å². The van der Waals surface area contributed by atoms with Gasteiger partial charge in [0.25, 0.3) is 5.91 Å². The number of methoxy groups -OCH3 is 1. The molecule has 0 spiro atoms. The summed E-state index contributed by atoms with van der Waals surface area (Å²) in [7, 11) is 1.64. The number of aromatic amines is 1. The van der Waals surface area contributed by atoms with Gasteiger partial charge in [-0.25, -0.2) is 0 Å². The second-order valence-electron chi connectivity index (χ2n) is 6.10. The third-order valence-corrected chi connectivity index (χ3v) is 4.59. The van der Waals surface area contributed by atoms with E-state index in [-0.39, 0.29) is 24.4 Å².